The highest BCUT2D eigenvalue weighted by atomic mass is 35.5. The van der Waals surface area contributed by atoms with Crippen molar-refractivity contribution in [1.82, 2.24) is 16.1 Å². The Morgan fingerprint density at radius 2 is 1.95 bits per heavy atom. The van der Waals surface area contributed by atoms with E-state index in [1.807, 2.05) is 27.9 Å². The molecule has 0 saturated heterocycles. The quantitative estimate of drug-likeness (QED) is 0.449. The summed E-state index contributed by atoms with van der Waals surface area (Å²) in [7, 11) is 3.75. The smallest absolute Gasteiger partial charge is 0.243 e. The van der Waals surface area contributed by atoms with E-state index in [1.54, 1.807) is 12.2 Å². The number of hydrogen-bond acceptors (Lipinski definition) is 4. The third kappa shape index (κ3) is 12.2. The summed E-state index contributed by atoms with van der Waals surface area (Å²) in [5, 5.41) is 6.09. The topological polar surface area (TPSA) is 62.4 Å². The van der Waals surface area contributed by atoms with Crippen LogP contribution in [0.2, 0.25) is 0 Å². The third-order valence-electron chi connectivity index (χ3n) is 2.12. The zero-order valence-corrected chi connectivity index (χ0v) is 14.7. The van der Waals surface area contributed by atoms with Crippen LogP contribution in [0.5, 0.6) is 0 Å². The van der Waals surface area contributed by atoms with Crippen LogP contribution in [-0.4, -0.2) is 26.6 Å². The van der Waals surface area contributed by atoms with Gasteiger partial charge in [-0.3, -0.25) is 9.63 Å². The molecule has 0 aliphatic heterocycles. The summed E-state index contributed by atoms with van der Waals surface area (Å²) in [6.07, 6.45) is 6.22. The molecule has 0 aromatic rings. The number of hydrogen-bond donors (Lipinski definition) is 3. The van der Waals surface area contributed by atoms with Crippen LogP contribution in [0.1, 0.15) is 26.7 Å². The van der Waals surface area contributed by atoms with E-state index in [4.69, 9.17) is 16.4 Å². The summed E-state index contributed by atoms with van der Waals surface area (Å²) in [5.41, 5.74) is 3.58. The molecule has 0 aliphatic carbocycles. The number of halogens is 1. The van der Waals surface area contributed by atoms with Gasteiger partial charge in [-0.05, 0) is 39.7 Å². The van der Waals surface area contributed by atoms with Crippen LogP contribution < -0.4 is 16.1 Å². The van der Waals surface area contributed by atoms with E-state index < -0.39 is 0 Å². The molecule has 0 bridgehead atoms. The molecule has 22 heavy (non-hydrogen) atoms. The van der Waals surface area contributed by atoms with Crippen molar-refractivity contribution >= 4 is 17.5 Å². The maximum atomic E-state index is 11.3. The first-order valence-corrected chi connectivity index (χ1v) is 7.43. The van der Waals surface area contributed by atoms with Gasteiger partial charge in [-0.25, -0.2) is 5.48 Å². The van der Waals surface area contributed by atoms with Crippen molar-refractivity contribution < 1.29 is 9.63 Å². The fourth-order valence-corrected chi connectivity index (χ4v) is 1.52. The Labute approximate surface area is 139 Å². The molecule has 0 aliphatic rings. The molecule has 5 nitrogen and oxygen atoms in total. The van der Waals surface area contributed by atoms with Gasteiger partial charge in [0, 0.05) is 22.7 Å². The largest absolute Gasteiger partial charge is 0.362 e. The van der Waals surface area contributed by atoms with Gasteiger partial charge in [0.05, 0.1) is 0 Å². The minimum atomic E-state index is -0.161. The molecule has 6 heteroatoms. The highest BCUT2D eigenvalue weighted by Gasteiger charge is 2.08. The van der Waals surface area contributed by atoms with Crippen LogP contribution in [0.25, 0.3) is 0 Å². The van der Waals surface area contributed by atoms with Gasteiger partial charge in [0.25, 0.3) is 0 Å². The average molecular weight is 330 g/mol. The molecule has 0 spiro atoms. The van der Waals surface area contributed by atoms with Crippen LogP contribution >= 0.6 is 11.6 Å². The second kappa shape index (κ2) is 15.8. The van der Waals surface area contributed by atoms with Gasteiger partial charge in [0.2, 0.25) is 5.91 Å². The number of amides is 1. The second-order valence-electron chi connectivity index (χ2n) is 4.22. The Balaban J connectivity index is 0. The Bertz CT molecular complexity index is 404. The number of hydroxylamine groups is 1. The minimum absolute atomic E-state index is 0.123. The molecular weight excluding hydrogens is 302 g/mol. The Morgan fingerprint density at radius 1 is 1.36 bits per heavy atom. The lowest BCUT2D eigenvalue weighted by Gasteiger charge is -2.13. The molecule has 0 fully saturated rings. The lowest BCUT2D eigenvalue weighted by atomic mass is 10.2. The van der Waals surface area contributed by atoms with Crippen LogP contribution in [0.3, 0.4) is 0 Å². The normalized spacial score (nSPS) is 11.1. The summed E-state index contributed by atoms with van der Waals surface area (Å²) in [5.74, 6) is -0.161. The minimum Gasteiger partial charge on any atom is -0.362 e. The Hall–Kier alpha value is -1.56. The lowest BCUT2D eigenvalue weighted by Crippen LogP contribution is -2.25. The van der Waals surface area contributed by atoms with Crippen molar-refractivity contribution in [2.45, 2.75) is 26.7 Å². The SMILES string of the molecule is C=CNC(=C)/C(CONC(=O)CCC)=C(Cl)\C=C/C.CNC. The molecule has 0 atom stereocenters. The van der Waals surface area contributed by atoms with Gasteiger partial charge < -0.3 is 10.6 Å². The first-order valence-electron chi connectivity index (χ1n) is 7.05. The third-order valence-corrected chi connectivity index (χ3v) is 2.48. The van der Waals surface area contributed by atoms with E-state index in [0.29, 0.717) is 22.7 Å². The number of carbonyl (C=O) groups is 1. The first kappa shape index (κ1) is 22.7. The molecule has 1 amide bonds. The highest BCUT2D eigenvalue weighted by Crippen LogP contribution is 2.17. The number of allylic oxidation sites excluding steroid dienone is 3. The second-order valence-corrected chi connectivity index (χ2v) is 4.62. The highest BCUT2D eigenvalue weighted by molar-refractivity contribution is 6.31. The summed E-state index contributed by atoms with van der Waals surface area (Å²) in [6, 6.07) is 0. The molecule has 0 rings (SSSR count). The van der Waals surface area contributed by atoms with Crippen molar-refractivity contribution in [3.63, 3.8) is 0 Å². The molecule has 0 saturated carbocycles. The predicted octanol–water partition coefficient (Wildman–Crippen LogP) is 2.99. The van der Waals surface area contributed by atoms with E-state index in [0.717, 1.165) is 6.42 Å². The molecule has 0 aromatic heterocycles. The van der Waals surface area contributed by atoms with E-state index in [1.165, 1.54) is 6.20 Å². The lowest BCUT2D eigenvalue weighted by molar-refractivity contribution is -0.132. The fraction of sp³-hybridized carbons (Fsp3) is 0.438. The van der Waals surface area contributed by atoms with E-state index >= 15 is 0 Å². The maximum absolute atomic E-state index is 11.3. The van der Waals surface area contributed by atoms with Crippen molar-refractivity contribution in [3.8, 4) is 0 Å². The van der Waals surface area contributed by atoms with Crippen molar-refractivity contribution in [1.29, 1.82) is 0 Å². The summed E-state index contributed by atoms with van der Waals surface area (Å²) >= 11 is 6.12. The summed E-state index contributed by atoms with van der Waals surface area (Å²) in [6.45, 7) is 11.3. The standard InChI is InChI=1S/C14H21ClN2O2.C2H7N/c1-5-8-13(15)12(11(4)16-7-3)10-19-17-14(18)9-6-2;1-3-2/h5,7-8,16H,3-4,6,9-10H2,1-2H3,(H,17,18);3H,1-2H3/b8-5-,13-12+;. The molecule has 3 N–H and O–H groups in total. The van der Waals surface area contributed by atoms with Gasteiger partial charge in [-0.15, -0.1) is 0 Å². The average Bonchev–Trinajstić information content (AvgIpc) is 2.45. The van der Waals surface area contributed by atoms with Crippen LogP contribution in [0.4, 0.5) is 0 Å². The maximum Gasteiger partial charge on any atom is 0.243 e. The fourth-order valence-electron chi connectivity index (χ4n) is 1.22. The van der Waals surface area contributed by atoms with Crippen LogP contribution in [-0.2, 0) is 9.63 Å². The Morgan fingerprint density at radius 3 is 2.41 bits per heavy atom. The van der Waals surface area contributed by atoms with Gasteiger partial charge in [-0.1, -0.05) is 37.8 Å². The van der Waals surface area contributed by atoms with Gasteiger partial charge in [0.15, 0.2) is 0 Å². The zero-order valence-electron chi connectivity index (χ0n) is 14.0. The number of nitrogens with one attached hydrogen (secondary N) is 3. The summed E-state index contributed by atoms with van der Waals surface area (Å²) in [4.78, 5) is 16.4. The van der Waals surface area contributed by atoms with Gasteiger partial charge >= 0.3 is 0 Å². The predicted molar refractivity (Wildman–Crippen MR) is 94.2 cm³/mol. The van der Waals surface area contributed by atoms with Gasteiger partial charge in [-0.2, -0.15) is 0 Å². The van der Waals surface area contributed by atoms with Gasteiger partial charge in [0.1, 0.15) is 6.61 Å². The monoisotopic (exact) mass is 329 g/mol. The zero-order chi connectivity index (χ0) is 17.4. The van der Waals surface area contributed by atoms with Crippen molar-refractivity contribution in [2.75, 3.05) is 20.7 Å². The van der Waals surface area contributed by atoms with E-state index in [2.05, 4.69) is 29.3 Å². The molecule has 0 heterocycles. The van der Waals surface area contributed by atoms with Crippen molar-refractivity contribution in [3.05, 3.63) is 47.8 Å². The Kier molecular flexibility index (Phi) is 16.3. The van der Waals surface area contributed by atoms with Crippen LogP contribution in [0.15, 0.2) is 47.8 Å². The molecule has 0 unspecified atom stereocenters. The van der Waals surface area contributed by atoms with E-state index in [9.17, 15) is 4.79 Å². The number of carbonyl (C=O) groups excluding carboxylic acids is 1. The molecule has 126 valence electrons. The molecular formula is C16H28ClN3O2. The first-order chi connectivity index (χ1) is 10.5. The molecule has 0 radical (unpaired) electrons. The number of rotatable bonds is 9. The molecule has 0 aromatic carbocycles. The van der Waals surface area contributed by atoms with Crippen LogP contribution in [0, 0.1) is 0 Å². The summed E-state index contributed by atoms with van der Waals surface area (Å²) < 4.78 is 0. The van der Waals surface area contributed by atoms with E-state index in [-0.39, 0.29) is 12.5 Å². The van der Waals surface area contributed by atoms with Crippen molar-refractivity contribution in [2.24, 2.45) is 0 Å².